The van der Waals surface area contributed by atoms with Gasteiger partial charge in [-0.1, -0.05) is 34.1 Å². The van der Waals surface area contributed by atoms with Crippen LogP contribution in [0.15, 0.2) is 50.2 Å². The van der Waals surface area contributed by atoms with Crippen molar-refractivity contribution >= 4 is 59.6 Å². The highest BCUT2D eigenvalue weighted by atomic mass is 79.9. The second-order valence-electron chi connectivity index (χ2n) is 4.88. The molecule has 1 atom stereocenters. The number of hydrogen-bond donors (Lipinski definition) is 0. The van der Waals surface area contributed by atoms with Crippen molar-refractivity contribution in [3.63, 3.8) is 0 Å². The lowest BCUT2D eigenvalue weighted by atomic mass is 10.0. The molecule has 0 fully saturated rings. The van der Waals surface area contributed by atoms with E-state index in [1.165, 1.54) is 16.0 Å². The van der Waals surface area contributed by atoms with Crippen molar-refractivity contribution in [1.29, 1.82) is 0 Å². The number of benzene rings is 2. The molecule has 2 aromatic carbocycles. The molecule has 1 aliphatic heterocycles. The third-order valence-corrected chi connectivity index (χ3v) is 6.52. The Kier molecular flexibility index (Phi) is 5.36. The van der Waals surface area contributed by atoms with Crippen LogP contribution in [0.1, 0.15) is 17.0 Å². The normalized spacial score (nSPS) is 16.8. The van der Waals surface area contributed by atoms with E-state index in [4.69, 9.17) is 4.74 Å². The van der Waals surface area contributed by atoms with Crippen LogP contribution in [0.3, 0.4) is 0 Å². The van der Waals surface area contributed by atoms with E-state index in [0.29, 0.717) is 12.5 Å². The van der Waals surface area contributed by atoms with Crippen molar-refractivity contribution in [2.75, 3.05) is 12.4 Å². The molecule has 0 spiro atoms. The first kappa shape index (κ1) is 15.9. The first-order chi connectivity index (χ1) is 10.2. The summed E-state index contributed by atoms with van der Waals surface area (Å²) in [5.74, 6) is 2.43. The van der Waals surface area contributed by atoms with Crippen LogP contribution in [-0.2, 0) is 5.33 Å². The molecule has 1 unspecified atom stereocenters. The van der Waals surface area contributed by atoms with Crippen molar-refractivity contribution in [2.24, 2.45) is 0 Å². The molecule has 0 bridgehead atoms. The number of hydrogen-bond acceptors (Lipinski definition) is 2. The number of thioether (sulfide) groups is 1. The van der Waals surface area contributed by atoms with Crippen molar-refractivity contribution in [3.8, 4) is 5.75 Å². The summed E-state index contributed by atoms with van der Waals surface area (Å²) in [5.41, 5.74) is 2.62. The second kappa shape index (κ2) is 7.07. The van der Waals surface area contributed by atoms with Gasteiger partial charge in [0.2, 0.25) is 0 Å². The largest absolute Gasteiger partial charge is 0.491 e. The summed E-state index contributed by atoms with van der Waals surface area (Å²) in [6.45, 7) is 0.703. The Bertz CT molecular complexity index is 637. The summed E-state index contributed by atoms with van der Waals surface area (Å²) < 4.78 is 8.07. The van der Waals surface area contributed by atoms with Gasteiger partial charge in [0.05, 0.1) is 15.6 Å². The molecule has 0 aromatic heterocycles. The quantitative estimate of drug-likeness (QED) is 0.458. The first-order valence-corrected chi connectivity index (χ1v) is 10.3. The van der Waals surface area contributed by atoms with Gasteiger partial charge in [0.15, 0.2) is 0 Å². The molecule has 2 aromatic rings. The minimum Gasteiger partial charge on any atom is -0.491 e. The van der Waals surface area contributed by atoms with Crippen LogP contribution in [0.25, 0.3) is 0 Å². The summed E-state index contributed by atoms with van der Waals surface area (Å²) >= 11 is 12.6. The second-order valence-corrected chi connectivity index (χ2v) is 8.21. The maximum absolute atomic E-state index is 6.09. The number of alkyl halides is 1. The molecule has 0 saturated carbocycles. The molecule has 0 aliphatic carbocycles. The Morgan fingerprint density at radius 2 is 1.86 bits per heavy atom. The third kappa shape index (κ3) is 3.52. The van der Waals surface area contributed by atoms with Gasteiger partial charge in [0.25, 0.3) is 0 Å². The number of rotatable bonds is 4. The molecule has 1 nitrogen and oxygen atoms in total. The molecular weight excluding hydrogens is 480 g/mol. The lowest BCUT2D eigenvalue weighted by Gasteiger charge is -2.15. The average Bonchev–Trinajstić information content (AvgIpc) is 2.89. The molecule has 0 radical (unpaired) electrons. The van der Waals surface area contributed by atoms with E-state index < -0.39 is 0 Å². The zero-order chi connectivity index (χ0) is 14.8. The summed E-state index contributed by atoms with van der Waals surface area (Å²) in [4.78, 5) is 1.39. The number of halogens is 3. The van der Waals surface area contributed by atoms with E-state index in [2.05, 4.69) is 84.2 Å². The van der Waals surface area contributed by atoms with Crippen LogP contribution in [0.4, 0.5) is 0 Å². The van der Waals surface area contributed by atoms with Gasteiger partial charge >= 0.3 is 0 Å². The van der Waals surface area contributed by atoms with Crippen molar-refractivity contribution in [2.45, 2.75) is 16.1 Å². The summed E-state index contributed by atoms with van der Waals surface area (Å²) in [6.07, 6.45) is 0. The van der Waals surface area contributed by atoms with Crippen molar-refractivity contribution < 1.29 is 4.74 Å². The van der Waals surface area contributed by atoms with Crippen LogP contribution < -0.4 is 4.74 Å². The molecule has 5 heteroatoms. The highest BCUT2D eigenvalue weighted by molar-refractivity contribution is 9.11. The molecule has 0 amide bonds. The van der Waals surface area contributed by atoms with Crippen LogP contribution in [0, 0.1) is 0 Å². The zero-order valence-electron chi connectivity index (χ0n) is 11.1. The topological polar surface area (TPSA) is 9.23 Å². The zero-order valence-corrected chi connectivity index (χ0v) is 16.7. The third-order valence-electron chi connectivity index (χ3n) is 3.44. The van der Waals surface area contributed by atoms with Crippen LogP contribution >= 0.6 is 59.6 Å². The minimum absolute atomic E-state index is 0.459. The van der Waals surface area contributed by atoms with Gasteiger partial charge in [-0.25, -0.2) is 0 Å². The summed E-state index contributed by atoms with van der Waals surface area (Å²) in [6, 6.07) is 12.8. The van der Waals surface area contributed by atoms with Gasteiger partial charge in [-0.15, -0.1) is 11.8 Å². The molecule has 21 heavy (non-hydrogen) atoms. The highest BCUT2D eigenvalue weighted by Gasteiger charge is 2.23. The lowest BCUT2D eigenvalue weighted by Crippen LogP contribution is -2.10. The molecule has 3 rings (SSSR count). The fraction of sp³-hybridized carbons (Fsp3) is 0.250. The first-order valence-electron chi connectivity index (χ1n) is 6.57. The van der Waals surface area contributed by atoms with E-state index >= 15 is 0 Å². The van der Waals surface area contributed by atoms with Gasteiger partial charge in [-0.2, -0.15) is 0 Å². The van der Waals surface area contributed by atoms with Crippen molar-refractivity contribution in [1.82, 2.24) is 0 Å². The maximum atomic E-state index is 6.09. The Balaban J connectivity index is 1.75. The van der Waals surface area contributed by atoms with Gasteiger partial charge in [-0.3, -0.25) is 0 Å². The smallest absolute Gasteiger partial charge is 0.147 e. The molecular formula is C16H13Br3OS. The fourth-order valence-electron chi connectivity index (χ4n) is 2.38. The predicted molar refractivity (Wildman–Crippen MR) is 99.9 cm³/mol. The van der Waals surface area contributed by atoms with Gasteiger partial charge < -0.3 is 4.74 Å². The van der Waals surface area contributed by atoms with Crippen LogP contribution in [0.5, 0.6) is 5.75 Å². The van der Waals surface area contributed by atoms with Crippen LogP contribution in [0.2, 0.25) is 0 Å². The standard InChI is InChI=1S/C16H13Br3OS/c17-7-10-5-13(18)16(14(19)6-10)20-8-11-9-21-15-4-2-1-3-12(11)15/h1-6,11H,7-9H2. The fourth-order valence-corrected chi connectivity index (χ4v) is 5.45. The molecule has 110 valence electrons. The lowest BCUT2D eigenvalue weighted by molar-refractivity contribution is 0.294. The molecule has 1 heterocycles. The Labute approximate surface area is 154 Å². The minimum atomic E-state index is 0.459. The molecule has 1 aliphatic rings. The SMILES string of the molecule is BrCc1cc(Br)c(OCC2CSc3ccccc32)c(Br)c1. The Morgan fingerprint density at radius 3 is 2.57 bits per heavy atom. The maximum Gasteiger partial charge on any atom is 0.147 e. The number of fused-ring (bicyclic) bond motifs is 1. The van der Waals surface area contributed by atoms with Gasteiger partial charge in [0.1, 0.15) is 5.75 Å². The molecule has 0 saturated heterocycles. The molecule has 0 N–H and O–H groups in total. The summed E-state index contributed by atoms with van der Waals surface area (Å²) in [7, 11) is 0. The number of ether oxygens (including phenoxy) is 1. The van der Waals surface area contributed by atoms with E-state index in [1.54, 1.807) is 0 Å². The van der Waals surface area contributed by atoms with Crippen LogP contribution in [-0.4, -0.2) is 12.4 Å². The summed E-state index contributed by atoms with van der Waals surface area (Å²) in [5, 5.41) is 0.830. The highest BCUT2D eigenvalue weighted by Crippen LogP contribution is 2.41. The van der Waals surface area contributed by atoms with Gasteiger partial charge in [-0.05, 0) is 61.2 Å². The Morgan fingerprint density at radius 1 is 1.14 bits per heavy atom. The Hall–Kier alpha value is 0.0300. The average molecular weight is 493 g/mol. The van der Waals surface area contributed by atoms with Gasteiger partial charge in [0, 0.05) is 21.9 Å². The van der Waals surface area contributed by atoms with Crippen molar-refractivity contribution in [3.05, 3.63) is 56.5 Å². The predicted octanol–water partition coefficient (Wildman–Crippen LogP) is 6.37. The van der Waals surface area contributed by atoms with E-state index in [0.717, 1.165) is 25.8 Å². The van der Waals surface area contributed by atoms with E-state index in [-0.39, 0.29) is 0 Å². The van der Waals surface area contributed by atoms with E-state index in [1.807, 2.05) is 11.8 Å². The van der Waals surface area contributed by atoms with E-state index in [9.17, 15) is 0 Å². The monoisotopic (exact) mass is 490 g/mol.